The molecule has 0 aliphatic heterocycles. The summed E-state index contributed by atoms with van der Waals surface area (Å²) in [5, 5.41) is 8.03. The molecule has 144 valence electrons. The maximum Gasteiger partial charge on any atom is 0.396 e. The number of alkyl halides is 3. The van der Waals surface area contributed by atoms with Crippen molar-refractivity contribution in [2.45, 2.75) is 25.9 Å². The van der Waals surface area contributed by atoms with Gasteiger partial charge in [0.1, 0.15) is 5.65 Å². The number of aromatic nitrogens is 6. The zero-order chi connectivity index (χ0) is 19.5. The quantitative estimate of drug-likeness (QED) is 0.557. The number of hydrogen-bond donors (Lipinski definition) is 2. The second-order valence-electron chi connectivity index (χ2n) is 7.19. The second-order valence-corrected chi connectivity index (χ2v) is 7.19. The van der Waals surface area contributed by atoms with Crippen LogP contribution in [0.25, 0.3) is 27.9 Å². The lowest BCUT2D eigenvalue weighted by Gasteiger charge is -2.19. The third-order valence-corrected chi connectivity index (χ3v) is 5.19. The molecule has 0 atom stereocenters. The van der Waals surface area contributed by atoms with Gasteiger partial charge in [-0.15, -0.1) is 0 Å². The molecule has 0 radical (unpaired) electrons. The number of aromatic amines is 1. The molecule has 10 heteroatoms. The van der Waals surface area contributed by atoms with Crippen LogP contribution in [0, 0.1) is 12.3 Å². The number of hydrogen-bond acceptors (Lipinski definition) is 5. The Hall–Kier alpha value is -3.17. The number of nitrogens with one attached hydrogen (secondary N) is 2. The fourth-order valence-corrected chi connectivity index (χ4v) is 3.31. The summed E-state index contributed by atoms with van der Waals surface area (Å²) in [5.41, 5.74) is 2.04. The van der Waals surface area contributed by atoms with Crippen molar-refractivity contribution in [3.63, 3.8) is 0 Å². The highest BCUT2D eigenvalue weighted by atomic mass is 19.4. The predicted molar refractivity (Wildman–Crippen MR) is 96.8 cm³/mol. The molecule has 0 aromatic carbocycles. The Morgan fingerprint density at radius 3 is 2.82 bits per heavy atom. The zero-order valence-corrected chi connectivity index (χ0v) is 14.9. The van der Waals surface area contributed by atoms with Crippen molar-refractivity contribution in [1.29, 1.82) is 0 Å². The summed E-state index contributed by atoms with van der Waals surface area (Å²) in [7, 11) is 0. The smallest absolute Gasteiger partial charge is 0.353 e. The molecule has 4 aromatic heterocycles. The topological polar surface area (TPSA) is 83.8 Å². The first-order chi connectivity index (χ1) is 13.3. The normalized spacial score (nSPS) is 16.0. The highest BCUT2D eigenvalue weighted by Crippen LogP contribution is 2.57. The first-order valence-electron chi connectivity index (χ1n) is 8.83. The molecular weight excluding hydrogens is 371 g/mol. The molecule has 4 heterocycles. The molecule has 0 amide bonds. The Morgan fingerprint density at radius 1 is 1.25 bits per heavy atom. The van der Waals surface area contributed by atoms with Crippen molar-refractivity contribution in [1.82, 2.24) is 29.5 Å². The Kier molecular flexibility index (Phi) is 3.43. The summed E-state index contributed by atoms with van der Waals surface area (Å²) in [6.07, 6.45) is 1.26. The summed E-state index contributed by atoms with van der Waals surface area (Å²) >= 11 is 0. The lowest BCUT2D eigenvalue weighted by Crippen LogP contribution is -2.31. The van der Waals surface area contributed by atoms with Gasteiger partial charge in [0.25, 0.3) is 0 Å². The maximum absolute atomic E-state index is 13.1. The number of anilines is 1. The van der Waals surface area contributed by atoms with Gasteiger partial charge in [0.2, 0.25) is 5.95 Å². The van der Waals surface area contributed by atoms with Crippen molar-refractivity contribution in [3.05, 3.63) is 36.4 Å². The van der Waals surface area contributed by atoms with Crippen LogP contribution in [0.1, 0.15) is 18.5 Å². The first-order valence-corrected chi connectivity index (χ1v) is 8.83. The molecule has 1 aliphatic carbocycles. The SMILES string of the molecule is Cc1cn2nc(-c3c[nH]c4nc(NCC5(C(F)(F)F)CC5)ncc34)ccc2n1. The van der Waals surface area contributed by atoms with Crippen LogP contribution in [-0.4, -0.2) is 42.3 Å². The average molecular weight is 387 g/mol. The minimum absolute atomic E-state index is 0.139. The highest BCUT2D eigenvalue weighted by Gasteiger charge is 2.62. The lowest BCUT2D eigenvalue weighted by molar-refractivity contribution is -0.182. The van der Waals surface area contributed by atoms with Crippen molar-refractivity contribution < 1.29 is 13.2 Å². The van der Waals surface area contributed by atoms with Crippen LogP contribution in [0.15, 0.2) is 30.7 Å². The molecular formula is C18H16F3N7. The summed E-state index contributed by atoms with van der Waals surface area (Å²) in [5.74, 6) is 0.171. The molecule has 5 rings (SSSR count). The second kappa shape index (κ2) is 5.66. The first kappa shape index (κ1) is 17.0. The Labute approximate surface area is 157 Å². The van der Waals surface area contributed by atoms with Gasteiger partial charge in [-0.05, 0) is 31.9 Å². The predicted octanol–water partition coefficient (Wildman–Crippen LogP) is 3.73. The fraction of sp³-hybridized carbons (Fsp3) is 0.333. The summed E-state index contributed by atoms with van der Waals surface area (Å²) in [6.45, 7) is 1.68. The molecule has 0 bridgehead atoms. The Morgan fingerprint density at radius 2 is 2.07 bits per heavy atom. The van der Waals surface area contributed by atoms with E-state index >= 15 is 0 Å². The standard InChI is InChI=1S/C18H16F3N7/c1-10-8-28-14(25-10)3-2-13(27-28)11-6-22-15-12(11)7-23-16(26-15)24-9-17(4-5-17)18(19,20)21/h2-3,6-8H,4-5,9H2,1H3,(H2,22,23,24,26). The Bertz CT molecular complexity index is 1190. The molecule has 0 spiro atoms. The highest BCUT2D eigenvalue weighted by molar-refractivity contribution is 5.92. The number of fused-ring (bicyclic) bond motifs is 2. The molecule has 1 aliphatic rings. The average Bonchev–Trinajstić information content (AvgIpc) is 3.20. The van der Waals surface area contributed by atoms with Crippen LogP contribution in [0.3, 0.4) is 0 Å². The number of rotatable bonds is 4. The van der Waals surface area contributed by atoms with E-state index in [9.17, 15) is 13.2 Å². The monoisotopic (exact) mass is 387 g/mol. The van der Waals surface area contributed by atoms with Crippen LogP contribution >= 0.6 is 0 Å². The van der Waals surface area contributed by atoms with Gasteiger partial charge in [-0.2, -0.15) is 23.3 Å². The van der Waals surface area contributed by atoms with Crippen LogP contribution < -0.4 is 5.32 Å². The summed E-state index contributed by atoms with van der Waals surface area (Å²) < 4.78 is 40.9. The van der Waals surface area contributed by atoms with Crippen molar-refractivity contribution >= 4 is 22.6 Å². The van der Waals surface area contributed by atoms with Crippen LogP contribution in [0.4, 0.5) is 19.1 Å². The van der Waals surface area contributed by atoms with Crippen LogP contribution in [0.2, 0.25) is 0 Å². The molecule has 1 fully saturated rings. The van der Waals surface area contributed by atoms with E-state index in [0.29, 0.717) is 5.65 Å². The van der Waals surface area contributed by atoms with Gasteiger partial charge >= 0.3 is 6.18 Å². The van der Waals surface area contributed by atoms with Gasteiger partial charge in [-0.3, -0.25) is 0 Å². The van der Waals surface area contributed by atoms with E-state index in [4.69, 9.17) is 0 Å². The van der Waals surface area contributed by atoms with E-state index in [0.717, 1.165) is 28.0 Å². The maximum atomic E-state index is 13.1. The molecule has 0 saturated heterocycles. The number of imidazole rings is 1. The number of nitrogens with zero attached hydrogens (tertiary/aromatic N) is 5. The fourth-order valence-electron chi connectivity index (χ4n) is 3.31. The molecule has 4 aromatic rings. The third kappa shape index (κ3) is 2.67. The van der Waals surface area contributed by atoms with E-state index < -0.39 is 11.6 Å². The van der Waals surface area contributed by atoms with E-state index in [1.165, 1.54) is 0 Å². The van der Waals surface area contributed by atoms with Crippen molar-refractivity contribution in [2.24, 2.45) is 5.41 Å². The zero-order valence-electron chi connectivity index (χ0n) is 14.9. The minimum Gasteiger partial charge on any atom is -0.353 e. The van der Waals surface area contributed by atoms with E-state index in [-0.39, 0.29) is 25.3 Å². The van der Waals surface area contributed by atoms with E-state index in [2.05, 4.69) is 30.4 Å². The molecule has 2 N–H and O–H groups in total. The van der Waals surface area contributed by atoms with Gasteiger partial charge in [0, 0.05) is 29.9 Å². The number of halogens is 3. The Balaban J connectivity index is 1.43. The molecule has 1 saturated carbocycles. The molecule has 28 heavy (non-hydrogen) atoms. The number of H-pyrrole nitrogens is 1. The summed E-state index contributed by atoms with van der Waals surface area (Å²) in [6, 6.07) is 3.73. The lowest BCUT2D eigenvalue weighted by atomic mass is 10.1. The van der Waals surface area contributed by atoms with E-state index in [1.807, 2.05) is 25.3 Å². The molecule has 0 unspecified atom stereocenters. The largest absolute Gasteiger partial charge is 0.396 e. The van der Waals surface area contributed by atoms with Gasteiger partial charge < -0.3 is 10.3 Å². The van der Waals surface area contributed by atoms with Crippen molar-refractivity contribution in [3.8, 4) is 11.3 Å². The van der Waals surface area contributed by atoms with Gasteiger partial charge in [-0.1, -0.05) is 0 Å². The van der Waals surface area contributed by atoms with Gasteiger partial charge in [0.05, 0.1) is 23.0 Å². The third-order valence-electron chi connectivity index (χ3n) is 5.19. The number of aryl methyl sites for hydroxylation is 1. The molecule has 7 nitrogen and oxygen atoms in total. The van der Waals surface area contributed by atoms with Crippen LogP contribution in [-0.2, 0) is 0 Å². The van der Waals surface area contributed by atoms with Crippen LogP contribution in [0.5, 0.6) is 0 Å². The summed E-state index contributed by atoms with van der Waals surface area (Å²) in [4.78, 5) is 15.9. The van der Waals surface area contributed by atoms with E-state index in [1.54, 1.807) is 16.9 Å². The minimum atomic E-state index is -4.21. The van der Waals surface area contributed by atoms with Crippen molar-refractivity contribution in [2.75, 3.05) is 11.9 Å². The van der Waals surface area contributed by atoms with Gasteiger partial charge in [0.15, 0.2) is 5.65 Å². The van der Waals surface area contributed by atoms with Gasteiger partial charge in [-0.25, -0.2) is 14.5 Å².